The van der Waals surface area contributed by atoms with Crippen molar-refractivity contribution < 1.29 is 0 Å². The Kier molecular flexibility index (Phi) is 3.13. The summed E-state index contributed by atoms with van der Waals surface area (Å²) in [7, 11) is 0. The van der Waals surface area contributed by atoms with E-state index in [-0.39, 0.29) is 0 Å². The molecule has 0 atom stereocenters. The van der Waals surface area contributed by atoms with Gasteiger partial charge in [-0.15, -0.1) is 16.4 Å². The molecular formula is C14H11N5S2. The summed E-state index contributed by atoms with van der Waals surface area (Å²) in [6.45, 7) is 0.797. The van der Waals surface area contributed by atoms with E-state index in [4.69, 9.17) is 0 Å². The molecule has 4 rings (SSSR count). The van der Waals surface area contributed by atoms with E-state index in [0.717, 1.165) is 27.9 Å². The molecule has 0 aliphatic carbocycles. The van der Waals surface area contributed by atoms with Crippen molar-refractivity contribution in [1.82, 2.24) is 19.6 Å². The van der Waals surface area contributed by atoms with Crippen LogP contribution < -0.4 is 5.32 Å². The minimum absolute atomic E-state index is 0.797. The fourth-order valence-electron chi connectivity index (χ4n) is 2.01. The Morgan fingerprint density at radius 3 is 2.86 bits per heavy atom. The van der Waals surface area contributed by atoms with Crippen molar-refractivity contribution in [3.8, 4) is 11.3 Å². The number of fused-ring (bicyclic) bond motifs is 1. The predicted molar refractivity (Wildman–Crippen MR) is 85.7 cm³/mol. The first kappa shape index (κ1) is 12.5. The number of anilines is 1. The molecule has 0 bridgehead atoms. The number of hydrogen-bond donors (Lipinski definition) is 1. The monoisotopic (exact) mass is 313 g/mol. The average Bonchev–Trinajstić information content (AvgIpc) is 3.22. The van der Waals surface area contributed by atoms with Crippen LogP contribution in [0.5, 0.6) is 0 Å². The Bertz CT molecular complexity index is 817. The van der Waals surface area contributed by atoms with E-state index in [9.17, 15) is 0 Å². The fourth-order valence-corrected chi connectivity index (χ4v) is 3.43. The van der Waals surface area contributed by atoms with Crippen molar-refractivity contribution in [1.29, 1.82) is 0 Å². The van der Waals surface area contributed by atoms with Gasteiger partial charge in [-0.1, -0.05) is 17.4 Å². The normalized spacial score (nSPS) is 11.0. The average molecular weight is 313 g/mol. The summed E-state index contributed by atoms with van der Waals surface area (Å²) in [6, 6.07) is 8.06. The highest BCUT2D eigenvalue weighted by Crippen LogP contribution is 2.24. The molecule has 4 heterocycles. The van der Waals surface area contributed by atoms with Crippen LogP contribution in [0, 0.1) is 0 Å². The highest BCUT2D eigenvalue weighted by molar-refractivity contribution is 7.20. The van der Waals surface area contributed by atoms with Crippen molar-refractivity contribution in [2.45, 2.75) is 6.54 Å². The summed E-state index contributed by atoms with van der Waals surface area (Å²) in [4.78, 5) is 10.8. The Morgan fingerprint density at radius 2 is 2.10 bits per heavy atom. The second-order valence-corrected chi connectivity index (χ2v) is 6.42. The summed E-state index contributed by atoms with van der Waals surface area (Å²) < 4.78 is 1.82. The van der Waals surface area contributed by atoms with Gasteiger partial charge in [-0.2, -0.15) is 0 Å². The van der Waals surface area contributed by atoms with Gasteiger partial charge in [0.05, 0.1) is 18.4 Å². The van der Waals surface area contributed by atoms with E-state index in [2.05, 4.69) is 37.9 Å². The molecule has 5 nitrogen and oxygen atoms in total. The number of imidazole rings is 1. The molecule has 0 aliphatic rings. The van der Waals surface area contributed by atoms with Crippen molar-refractivity contribution >= 4 is 32.8 Å². The summed E-state index contributed by atoms with van der Waals surface area (Å²) in [5.74, 6) is 0. The first-order valence-electron chi connectivity index (χ1n) is 6.41. The molecule has 0 saturated carbocycles. The number of thiophene rings is 1. The number of hydrogen-bond acceptors (Lipinski definition) is 6. The van der Waals surface area contributed by atoms with Crippen molar-refractivity contribution in [2.75, 3.05) is 5.32 Å². The predicted octanol–water partition coefficient (Wildman–Crippen LogP) is 3.53. The zero-order valence-electron chi connectivity index (χ0n) is 10.9. The molecule has 21 heavy (non-hydrogen) atoms. The molecule has 4 aromatic rings. The fraction of sp³-hybridized carbons (Fsp3) is 0.0714. The summed E-state index contributed by atoms with van der Waals surface area (Å²) in [6.07, 6.45) is 5.48. The maximum absolute atomic E-state index is 4.60. The minimum Gasteiger partial charge on any atom is -0.355 e. The lowest BCUT2D eigenvalue weighted by atomic mass is 10.2. The maximum atomic E-state index is 4.60. The summed E-state index contributed by atoms with van der Waals surface area (Å²) >= 11 is 3.29. The van der Waals surface area contributed by atoms with Gasteiger partial charge in [-0.05, 0) is 23.6 Å². The van der Waals surface area contributed by atoms with Crippen LogP contribution in [0.3, 0.4) is 0 Å². The van der Waals surface area contributed by atoms with Gasteiger partial charge < -0.3 is 5.32 Å². The molecule has 7 heteroatoms. The van der Waals surface area contributed by atoms with Gasteiger partial charge in [-0.3, -0.25) is 4.98 Å². The van der Waals surface area contributed by atoms with Gasteiger partial charge in [0, 0.05) is 22.8 Å². The molecule has 0 spiro atoms. The molecule has 0 aliphatic heterocycles. The zero-order chi connectivity index (χ0) is 14.1. The molecule has 0 aromatic carbocycles. The molecule has 104 valence electrons. The molecule has 0 amide bonds. The van der Waals surface area contributed by atoms with Crippen LogP contribution in [0.25, 0.3) is 16.2 Å². The van der Waals surface area contributed by atoms with E-state index in [1.54, 1.807) is 35.1 Å². The van der Waals surface area contributed by atoms with Crippen molar-refractivity contribution in [3.63, 3.8) is 0 Å². The van der Waals surface area contributed by atoms with Gasteiger partial charge in [0.15, 0.2) is 0 Å². The lowest BCUT2D eigenvalue weighted by Gasteiger charge is -1.98. The topological polar surface area (TPSA) is 55.1 Å². The first-order valence-corrected chi connectivity index (χ1v) is 8.11. The van der Waals surface area contributed by atoms with Crippen LogP contribution in [-0.4, -0.2) is 19.6 Å². The van der Waals surface area contributed by atoms with Crippen LogP contribution in [0.2, 0.25) is 0 Å². The molecule has 0 unspecified atom stereocenters. The van der Waals surface area contributed by atoms with E-state index in [1.807, 2.05) is 22.8 Å². The molecule has 4 aromatic heterocycles. The Labute approximate surface area is 128 Å². The lowest BCUT2D eigenvalue weighted by Crippen LogP contribution is -1.97. The SMILES string of the molecule is c1csc(CNc2nn3cc(-c4ccncc4)nc3s2)c1. The van der Waals surface area contributed by atoms with E-state index < -0.39 is 0 Å². The van der Waals surface area contributed by atoms with Crippen LogP contribution in [0.1, 0.15) is 4.88 Å². The minimum atomic E-state index is 0.797. The number of rotatable bonds is 4. The highest BCUT2D eigenvalue weighted by Gasteiger charge is 2.09. The molecule has 1 N–H and O–H groups in total. The Hall–Kier alpha value is -2.25. The third-order valence-electron chi connectivity index (χ3n) is 3.01. The third kappa shape index (κ3) is 2.53. The lowest BCUT2D eigenvalue weighted by molar-refractivity contribution is 0.964. The van der Waals surface area contributed by atoms with Gasteiger partial charge in [-0.25, -0.2) is 9.50 Å². The van der Waals surface area contributed by atoms with Crippen molar-refractivity contribution in [2.24, 2.45) is 0 Å². The van der Waals surface area contributed by atoms with Gasteiger partial charge in [0.25, 0.3) is 0 Å². The van der Waals surface area contributed by atoms with Gasteiger partial charge in [0.2, 0.25) is 10.1 Å². The summed E-state index contributed by atoms with van der Waals surface area (Å²) in [5, 5.41) is 10.8. The standard InChI is InChI=1S/C14H11N5S2/c1-2-11(20-7-1)8-16-13-18-19-9-12(17-14(19)21-13)10-3-5-15-6-4-10/h1-7,9H,8H2,(H,16,18). The summed E-state index contributed by atoms with van der Waals surface area (Å²) in [5.41, 5.74) is 1.97. The maximum Gasteiger partial charge on any atom is 0.214 e. The molecular weight excluding hydrogens is 302 g/mol. The van der Waals surface area contributed by atoms with Crippen LogP contribution >= 0.6 is 22.7 Å². The van der Waals surface area contributed by atoms with Crippen molar-refractivity contribution in [3.05, 3.63) is 53.1 Å². The Balaban J connectivity index is 1.56. The van der Waals surface area contributed by atoms with Crippen LogP contribution in [-0.2, 0) is 6.54 Å². The first-order chi connectivity index (χ1) is 10.4. The largest absolute Gasteiger partial charge is 0.355 e. The second kappa shape index (κ2) is 5.27. The highest BCUT2D eigenvalue weighted by atomic mass is 32.1. The Morgan fingerprint density at radius 1 is 1.19 bits per heavy atom. The molecule has 0 fully saturated rings. The smallest absolute Gasteiger partial charge is 0.214 e. The van der Waals surface area contributed by atoms with Gasteiger partial charge >= 0.3 is 0 Å². The quantitative estimate of drug-likeness (QED) is 0.626. The van der Waals surface area contributed by atoms with E-state index in [0.29, 0.717) is 0 Å². The second-order valence-electron chi connectivity index (χ2n) is 4.43. The molecule has 0 radical (unpaired) electrons. The van der Waals surface area contributed by atoms with E-state index in [1.165, 1.54) is 4.88 Å². The van der Waals surface area contributed by atoms with E-state index >= 15 is 0 Å². The van der Waals surface area contributed by atoms with Crippen LogP contribution in [0.4, 0.5) is 5.13 Å². The molecule has 0 saturated heterocycles. The number of nitrogens with zero attached hydrogens (tertiary/aromatic N) is 4. The number of aromatic nitrogens is 4. The number of nitrogens with one attached hydrogen (secondary N) is 1. The zero-order valence-corrected chi connectivity index (χ0v) is 12.6. The third-order valence-corrected chi connectivity index (χ3v) is 4.77. The van der Waals surface area contributed by atoms with Gasteiger partial charge in [0.1, 0.15) is 0 Å². The van der Waals surface area contributed by atoms with Crippen LogP contribution in [0.15, 0.2) is 48.2 Å². The number of pyridine rings is 1.